The third-order valence-corrected chi connectivity index (χ3v) is 6.99. The van der Waals surface area contributed by atoms with Gasteiger partial charge in [0, 0.05) is 11.6 Å². The summed E-state index contributed by atoms with van der Waals surface area (Å²) in [4.78, 5) is 30.4. The Balaban J connectivity index is 1.42. The molecule has 0 radical (unpaired) electrons. The number of imidazole rings is 1. The second-order valence-electron chi connectivity index (χ2n) is 9.46. The number of amides is 1. The van der Waals surface area contributed by atoms with Gasteiger partial charge in [0.25, 0.3) is 5.91 Å². The SMILES string of the molecule is CC(=O)[C@H](Cc1ccc(C#N)cc1)NC(=O)c1ccc2c(c1)nc(-c1ccoc1)n2C1CCCCC1. The largest absolute Gasteiger partial charge is 0.472 e. The summed E-state index contributed by atoms with van der Waals surface area (Å²) in [5.74, 6) is 0.408. The maximum absolute atomic E-state index is 13.2. The average molecular weight is 481 g/mol. The van der Waals surface area contributed by atoms with Crippen molar-refractivity contribution in [3.8, 4) is 17.5 Å². The Bertz CT molecular complexity index is 1420. The second-order valence-corrected chi connectivity index (χ2v) is 9.46. The van der Waals surface area contributed by atoms with E-state index in [2.05, 4.69) is 16.0 Å². The zero-order valence-corrected chi connectivity index (χ0v) is 20.2. The van der Waals surface area contributed by atoms with Crippen molar-refractivity contribution in [3.63, 3.8) is 0 Å². The predicted octanol–water partition coefficient (Wildman–Crippen LogP) is 5.60. The second kappa shape index (κ2) is 10.2. The lowest BCUT2D eigenvalue weighted by molar-refractivity contribution is -0.118. The van der Waals surface area contributed by atoms with Crippen molar-refractivity contribution in [2.75, 3.05) is 0 Å². The summed E-state index contributed by atoms with van der Waals surface area (Å²) in [6, 6.07) is 16.3. The van der Waals surface area contributed by atoms with Crippen molar-refractivity contribution in [3.05, 3.63) is 77.7 Å². The first-order chi connectivity index (χ1) is 17.5. The molecule has 36 heavy (non-hydrogen) atoms. The van der Waals surface area contributed by atoms with Crippen molar-refractivity contribution in [1.82, 2.24) is 14.9 Å². The van der Waals surface area contributed by atoms with E-state index in [1.807, 2.05) is 24.3 Å². The molecule has 0 unspecified atom stereocenters. The molecule has 1 aliphatic carbocycles. The molecule has 7 heteroatoms. The molecule has 2 aromatic carbocycles. The van der Waals surface area contributed by atoms with E-state index in [-0.39, 0.29) is 11.7 Å². The van der Waals surface area contributed by atoms with Crippen LogP contribution in [0.2, 0.25) is 0 Å². The van der Waals surface area contributed by atoms with Crippen LogP contribution in [0.15, 0.2) is 65.5 Å². The number of carbonyl (C=O) groups excluding carboxylic acids is 2. The van der Waals surface area contributed by atoms with Crippen LogP contribution in [0, 0.1) is 11.3 Å². The molecular formula is C29H28N4O3. The van der Waals surface area contributed by atoms with E-state index >= 15 is 0 Å². The number of fused-ring (bicyclic) bond motifs is 1. The van der Waals surface area contributed by atoms with Crippen molar-refractivity contribution < 1.29 is 14.0 Å². The molecule has 4 aromatic rings. The number of Topliss-reactive ketones (excluding diaryl/α,β-unsaturated/α-hetero) is 1. The number of benzene rings is 2. The van der Waals surface area contributed by atoms with Crippen molar-refractivity contribution >= 4 is 22.7 Å². The Labute approximate surface area is 209 Å². The molecule has 0 aliphatic heterocycles. The molecule has 5 rings (SSSR count). The van der Waals surface area contributed by atoms with Gasteiger partial charge in [-0.2, -0.15) is 5.26 Å². The van der Waals surface area contributed by atoms with Gasteiger partial charge in [-0.05, 0) is 68.1 Å². The highest BCUT2D eigenvalue weighted by molar-refractivity contribution is 6.00. The number of nitrogens with zero attached hydrogens (tertiary/aromatic N) is 3. The first-order valence-corrected chi connectivity index (χ1v) is 12.4. The predicted molar refractivity (Wildman–Crippen MR) is 136 cm³/mol. The first-order valence-electron chi connectivity index (χ1n) is 12.4. The van der Waals surface area contributed by atoms with Crippen molar-refractivity contribution in [2.24, 2.45) is 0 Å². The molecule has 1 N–H and O–H groups in total. The Morgan fingerprint density at radius 2 is 1.92 bits per heavy atom. The molecule has 7 nitrogen and oxygen atoms in total. The normalized spacial score (nSPS) is 14.9. The van der Waals surface area contributed by atoms with Gasteiger partial charge in [-0.25, -0.2) is 4.98 Å². The Morgan fingerprint density at radius 3 is 2.58 bits per heavy atom. The molecule has 0 spiro atoms. The highest BCUT2D eigenvalue weighted by Crippen LogP contribution is 2.36. The molecule has 1 amide bonds. The summed E-state index contributed by atoms with van der Waals surface area (Å²) < 4.78 is 7.63. The highest BCUT2D eigenvalue weighted by atomic mass is 16.3. The van der Waals surface area contributed by atoms with Crippen LogP contribution in [-0.2, 0) is 11.2 Å². The molecular weight excluding hydrogens is 452 g/mol. The Morgan fingerprint density at radius 1 is 1.14 bits per heavy atom. The van der Waals surface area contributed by atoms with Crippen LogP contribution in [0.4, 0.5) is 0 Å². The monoisotopic (exact) mass is 480 g/mol. The molecule has 1 saturated carbocycles. The van der Waals surface area contributed by atoms with Crippen LogP contribution in [0.1, 0.15) is 66.6 Å². The van der Waals surface area contributed by atoms with E-state index in [0.29, 0.717) is 23.6 Å². The first kappa shape index (κ1) is 23.6. The molecule has 1 atom stereocenters. The molecule has 2 aromatic heterocycles. The van der Waals surface area contributed by atoms with Gasteiger partial charge in [0.1, 0.15) is 12.1 Å². The van der Waals surface area contributed by atoms with Gasteiger partial charge in [-0.1, -0.05) is 31.4 Å². The van der Waals surface area contributed by atoms with Crippen LogP contribution in [-0.4, -0.2) is 27.3 Å². The summed E-state index contributed by atoms with van der Waals surface area (Å²) in [6.45, 7) is 1.47. The fraction of sp³-hybridized carbons (Fsp3) is 0.310. The minimum absolute atomic E-state index is 0.127. The highest BCUT2D eigenvalue weighted by Gasteiger charge is 2.24. The van der Waals surface area contributed by atoms with E-state index < -0.39 is 6.04 Å². The van der Waals surface area contributed by atoms with Gasteiger partial charge in [0.2, 0.25) is 0 Å². The fourth-order valence-corrected chi connectivity index (χ4v) is 5.03. The number of nitriles is 1. The quantitative estimate of drug-likeness (QED) is 0.371. The molecule has 2 heterocycles. The van der Waals surface area contributed by atoms with E-state index in [0.717, 1.165) is 40.8 Å². The standard InChI is InChI=1S/C29H28N4O3/c1-19(34)25(15-20-7-9-21(17-30)10-8-20)32-29(35)22-11-12-27-26(16-22)31-28(23-13-14-36-18-23)33(27)24-5-3-2-4-6-24/h7-14,16,18,24-25H,2-6,15H2,1H3,(H,32,35)/t25-/m0/s1. The number of hydrogen-bond donors (Lipinski definition) is 1. The summed E-state index contributed by atoms with van der Waals surface area (Å²) >= 11 is 0. The van der Waals surface area contributed by atoms with Crippen LogP contribution < -0.4 is 5.32 Å². The lowest BCUT2D eigenvalue weighted by Gasteiger charge is -2.25. The van der Waals surface area contributed by atoms with Gasteiger partial charge in [-0.3, -0.25) is 9.59 Å². The third-order valence-electron chi connectivity index (χ3n) is 6.99. The van der Waals surface area contributed by atoms with Gasteiger partial charge in [-0.15, -0.1) is 0 Å². The number of furan rings is 1. The Hall–Kier alpha value is -4.18. The summed E-state index contributed by atoms with van der Waals surface area (Å²) in [7, 11) is 0. The minimum atomic E-state index is -0.664. The molecule has 1 fully saturated rings. The van der Waals surface area contributed by atoms with Gasteiger partial charge >= 0.3 is 0 Å². The average Bonchev–Trinajstić information content (AvgIpc) is 3.57. The maximum atomic E-state index is 13.2. The molecule has 0 saturated heterocycles. The zero-order valence-electron chi connectivity index (χ0n) is 20.2. The number of aromatic nitrogens is 2. The van der Waals surface area contributed by atoms with E-state index in [9.17, 15) is 9.59 Å². The van der Waals surface area contributed by atoms with Gasteiger partial charge in [0.15, 0.2) is 5.78 Å². The van der Waals surface area contributed by atoms with E-state index in [1.54, 1.807) is 36.8 Å². The topological polar surface area (TPSA) is 101 Å². The molecule has 0 bridgehead atoms. The van der Waals surface area contributed by atoms with Crippen molar-refractivity contribution in [1.29, 1.82) is 5.26 Å². The lowest BCUT2D eigenvalue weighted by Crippen LogP contribution is -2.41. The maximum Gasteiger partial charge on any atom is 0.251 e. The van der Waals surface area contributed by atoms with Crippen LogP contribution in [0.25, 0.3) is 22.4 Å². The van der Waals surface area contributed by atoms with Gasteiger partial charge in [0.05, 0.1) is 40.5 Å². The van der Waals surface area contributed by atoms with E-state index in [4.69, 9.17) is 14.7 Å². The summed E-state index contributed by atoms with van der Waals surface area (Å²) in [5, 5.41) is 11.9. The minimum Gasteiger partial charge on any atom is -0.472 e. The summed E-state index contributed by atoms with van der Waals surface area (Å²) in [6.07, 6.45) is 9.57. The number of ketones is 1. The van der Waals surface area contributed by atoms with Crippen LogP contribution in [0.5, 0.6) is 0 Å². The Kier molecular flexibility index (Phi) is 6.68. The lowest BCUT2D eigenvalue weighted by atomic mass is 9.95. The van der Waals surface area contributed by atoms with E-state index in [1.165, 1.54) is 26.2 Å². The van der Waals surface area contributed by atoms with Crippen LogP contribution in [0.3, 0.4) is 0 Å². The number of rotatable bonds is 7. The van der Waals surface area contributed by atoms with Crippen LogP contribution >= 0.6 is 0 Å². The number of hydrogen-bond acceptors (Lipinski definition) is 5. The van der Waals surface area contributed by atoms with Gasteiger partial charge < -0.3 is 14.3 Å². The third kappa shape index (κ3) is 4.80. The number of nitrogens with one attached hydrogen (secondary N) is 1. The fourth-order valence-electron chi connectivity index (χ4n) is 5.03. The molecule has 182 valence electrons. The number of carbonyl (C=O) groups is 2. The summed E-state index contributed by atoms with van der Waals surface area (Å²) in [5.41, 5.74) is 4.55. The smallest absolute Gasteiger partial charge is 0.251 e. The zero-order chi connectivity index (χ0) is 25.1. The molecule has 1 aliphatic rings. The van der Waals surface area contributed by atoms with Crippen molar-refractivity contribution in [2.45, 2.75) is 57.5 Å².